The van der Waals surface area contributed by atoms with Crippen molar-refractivity contribution in [3.8, 4) is 17.2 Å². The van der Waals surface area contributed by atoms with Crippen molar-refractivity contribution in [1.29, 1.82) is 0 Å². The summed E-state index contributed by atoms with van der Waals surface area (Å²) < 4.78 is 29.4. The summed E-state index contributed by atoms with van der Waals surface area (Å²) >= 11 is 0. The van der Waals surface area contributed by atoms with Crippen LogP contribution in [-0.2, 0) is 13.0 Å². The number of carbonyl (C=O) groups is 1. The number of nitrogens with zero attached hydrogens (tertiary/aromatic N) is 1. The lowest BCUT2D eigenvalue weighted by atomic mass is 9.98. The van der Waals surface area contributed by atoms with Crippen molar-refractivity contribution < 1.29 is 23.4 Å². The molecule has 132 valence electrons. The van der Waals surface area contributed by atoms with Crippen LogP contribution >= 0.6 is 0 Å². The number of benzene rings is 2. The van der Waals surface area contributed by atoms with Crippen LogP contribution < -0.4 is 14.2 Å². The molecule has 1 heterocycles. The van der Waals surface area contributed by atoms with Gasteiger partial charge in [0, 0.05) is 13.1 Å². The first-order chi connectivity index (χ1) is 12.1. The molecule has 0 radical (unpaired) electrons. The highest BCUT2D eigenvalue weighted by molar-refractivity contribution is 5.97. The molecule has 0 unspecified atom stereocenters. The van der Waals surface area contributed by atoms with Crippen LogP contribution in [0.5, 0.6) is 17.2 Å². The fraction of sp³-hybridized carbons (Fsp3) is 0.316. The molecule has 1 aliphatic rings. The molecule has 0 spiro atoms. The molecular weight excluding hydrogens is 325 g/mol. The van der Waals surface area contributed by atoms with E-state index in [4.69, 9.17) is 14.2 Å². The van der Waals surface area contributed by atoms with Crippen molar-refractivity contribution in [2.45, 2.75) is 13.0 Å². The first-order valence-electron chi connectivity index (χ1n) is 7.94. The minimum atomic E-state index is -0.465. The van der Waals surface area contributed by atoms with E-state index in [0.717, 1.165) is 11.1 Å². The van der Waals surface area contributed by atoms with Gasteiger partial charge in [-0.15, -0.1) is 0 Å². The molecule has 0 bridgehead atoms. The predicted octanol–water partition coefficient (Wildman–Crippen LogP) is 3.05. The van der Waals surface area contributed by atoms with Gasteiger partial charge in [-0.05, 0) is 47.9 Å². The predicted molar refractivity (Wildman–Crippen MR) is 90.9 cm³/mol. The van der Waals surface area contributed by atoms with Crippen LogP contribution in [0.25, 0.3) is 0 Å². The van der Waals surface area contributed by atoms with Crippen molar-refractivity contribution in [3.05, 3.63) is 52.8 Å². The maximum atomic E-state index is 13.6. The lowest BCUT2D eigenvalue weighted by Crippen LogP contribution is -2.36. The van der Waals surface area contributed by atoms with E-state index in [1.165, 1.54) is 25.3 Å². The minimum absolute atomic E-state index is 0.228. The molecule has 0 N–H and O–H groups in total. The Morgan fingerprint density at radius 2 is 1.60 bits per heavy atom. The summed E-state index contributed by atoms with van der Waals surface area (Å²) in [4.78, 5) is 14.5. The third-order valence-corrected chi connectivity index (χ3v) is 4.40. The summed E-state index contributed by atoms with van der Waals surface area (Å²) in [6.45, 7) is 0.967. The average molecular weight is 345 g/mol. The molecule has 0 saturated heterocycles. The smallest absolute Gasteiger partial charge is 0.258 e. The third-order valence-electron chi connectivity index (χ3n) is 4.40. The van der Waals surface area contributed by atoms with Crippen molar-refractivity contribution in [3.63, 3.8) is 0 Å². The Bertz CT molecular complexity index is 806. The van der Waals surface area contributed by atoms with Crippen LogP contribution in [0.15, 0.2) is 30.3 Å². The van der Waals surface area contributed by atoms with Gasteiger partial charge in [-0.2, -0.15) is 0 Å². The van der Waals surface area contributed by atoms with E-state index in [9.17, 15) is 9.18 Å². The normalized spacial score (nSPS) is 13.2. The summed E-state index contributed by atoms with van der Waals surface area (Å²) in [5, 5.41) is 0. The molecule has 0 aromatic heterocycles. The highest BCUT2D eigenvalue weighted by Gasteiger charge is 2.25. The summed E-state index contributed by atoms with van der Waals surface area (Å²) in [5.74, 6) is 0.945. The van der Waals surface area contributed by atoms with Gasteiger partial charge in [-0.25, -0.2) is 4.39 Å². The number of amides is 1. The van der Waals surface area contributed by atoms with Gasteiger partial charge in [-0.1, -0.05) is 0 Å². The first kappa shape index (κ1) is 17.1. The molecule has 1 amide bonds. The summed E-state index contributed by atoms with van der Waals surface area (Å²) in [5.41, 5.74) is 2.34. The average Bonchev–Trinajstić information content (AvgIpc) is 2.65. The third kappa shape index (κ3) is 3.24. The van der Waals surface area contributed by atoms with Crippen LogP contribution in [0.2, 0.25) is 0 Å². The SMILES string of the molecule is COc1cc2c(cc1OC)CN(C(=O)c1cc(F)ccc1OC)CC2. The van der Waals surface area contributed by atoms with Gasteiger partial charge in [0.2, 0.25) is 0 Å². The second-order valence-electron chi connectivity index (χ2n) is 5.80. The Morgan fingerprint density at radius 3 is 2.24 bits per heavy atom. The second-order valence-corrected chi connectivity index (χ2v) is 5.80. The Kier molecular flexibility index (Phi) is 4.79. The van der Waals surface area contributed by atoms with Crippen LogP contribution in [0.3, 0.4) is 0 Å². The summed E-state index contributed by atoms with van der Waals surface area (Å²) in [6.07, 6.45) is 0.694. The molecule has 0 atom stereocenters. The van der Waals surface area contributed by atoms with Gasteiger partial charge in [0.25, 0.3) is 5.91 Å². The van der Waals surface area contributed by atoms with Crippen LogP contribution in [-0.4, -0.2) is 38.7 Å². The van der Waals surface area contributed by atoms with Gasteiger partial charge in [0.1, 0.15) is 11.6 Å². The topological polar surface area (TPSA) is 48.0 Å². The van der Waals surface area contributed by atoms with Crippen molar-refractivity contribution in [2.24, 2.45) is 0 Å². The highest BCUT2D eigenvalue weighted by Crippen LogP contribution is 2.34. The van der Waals surface area contributed by atoms with Gasteiger partial charge in [0.05, 0.1) is 26.9 Å². The molecular formula is C19H20FNO4. The van der Waals surface area contributed by atoms with Gasteiger partial charge in [-0.3, -0.25) is 4.79 Å². The van der Waals surface area contributed by atoms with E-state index in [-0.39, 0.29) is 11.5 Å². The van der Waals surface area contributed by atoms with Crippen molar-refractivity contribution >= 4 is 5.91 Å². The van der Waals surface area contributed by atoms with Crippen molar-refractivity contribution in [2.75, 3.05) is 27.9 Å². The molecule has 0 saturated carbocycles. The zero-order valence-electron chi connectivity index (χ0n) is 14.5. The van der Waals surface area contributed by atoms with Crippen LogP contribution in [0.4, 0.5) is 4.39 Å². The van der Waals surface area contributed by atoms with Gasteiger partial charge >= 0.3 is 0 Å². The first-order valence-corrected chi connectivity index (χ1v) is 7.94. The molecule has 1 aliphatic heterocycles. The fourth-order valence-electron chi connectivity index (χ4n) is 3.07. The number of halogens is 1. The van der Waals surface area contributed by atoms with E-state index in [2.05, 4.69) is 0 Å². The maximum absolute atomic E-state index is 13.6. The zero-order valence-corrected chi connectivity index (χ0v) is 14.5. The quantitative estimate of drug-likeness (QED) is 0.855. The Balaban J connectivity index is 1.90. The number of rotatable bonds is 4. The Morgan fingerprint density at radius 1 is 0.960 bits per heavy atom. The van der Waals surface area contributed by atoms with E-state index >= 15 is 0 Å². The lowest BCUT2D eigenvalue weighted by Gasteiger charge is -2.30. The molecule has 0 aliphatic carbocycles. The Hall–Kier alpha value is -2.76. The number of hydrogen-bond acceptors (Lipinski definition) is 4. The molecule has 2 aromatic carbocycles. The second kappa shape index (κ2) is 7.01. The van der Waals surface area contributed by atoms with E-state index in [1.54, 1.807) is 19.1 Å². The molecule has 2 aromatic rings. The van der Waals surface area contributed by atoms with Crippen molar-refractivity contribution in [1.82, 2.24) is 4.90 Å². The standard InChI is InChI=1S/C19H20FNO4/c1-23-16-5-4-14(20)10-15(16)19(22)21-7-6-12-8-17(24-2)18(25-3)9-13(12)11-21/h4-5,8-10H,6-7,11H2,1-3H3. The van der Waals surface area contributed by atoms with Crippen LogP contribution in [0.1, 0.15) is 21.5 Å². The van der Waals surface area contributed by atoms with Gasteiger partial charge in [0.15, 0.2) is 11.5 Å². The molecule has 0 fully saturated rings. The molecule has 5 nitrogen and oxygen atoms in total. The van der Waals surface area contributed by atoms with Crippen LogP contribution in [0, 0.1) is 5.82 Å². The minimum Gasteiger partial charge on any atom is -0.496 e. The number of ether oxygens (including phenoxy) is 3. The number of methoxy groups -OCH3 is 3. The maximum Gasteiger partial charge on any atom is 0.258 e. The van der Waals surface area contributed by atoms with E-state index < -0.39 is 5.82 Å². The number of hydrogen-bond donors (Lipinski definition) is 0. The monoisotopic (exact) mass is 345 g/mol. The number of fused-ring (bicyclic) bond motifs is 1. The highest BCUT2D eigenvalue weighted by atomic mass is 19.1. The summed E-state index contributed by atoms with van der Waals surface area (Å²) in [7, 11) is 4.64. The Labute approximate surface area is 145 Å². The molecule has 3 rings (SSSR count). The largest absolute Gasteiger partial charge is 0.496 e. The fourth-order valence-corrected chi connectivity index (χ4v) is 3.07. The lowest BCUT2D eigenvalue weighted by molar-refractivity contribution is 0.0730. The molecule has 6 heteroatoms. The number of carbonyl (C=O) groups excluding carboxylic acids is 1. The van der Waals surface area contributed by atoms with E-state index in [0.29, 0.717) is 36.8 Å². The zero-order chi connectivity index (χ0) is 18.0. The summed E-state index contributed by atoms with van der Waals surface area (Å²) in [6, 6.07) is 7.78. The molecule has 25 heavy (non-hydrogen) atoms. The van der Waals surface area contributed by atoms with E-state index in [1.807, 2.05) is 12.1 Å². The van der Waals surface area contributed by atoms with Gasteiger partial charge < -0.3 is 19.1 Å².